The van der Waals surface area contributed by atoms with Crippen LogP contribution < -0.4 is 0 Å². The standard InChI is InChI=1S/C16H19F2NO2S/c1-11-9-19(10-12(2)21-11)15(20)8-5-13-3-6-14(7-4-13)22-16(17)18/h3-8,11-12,16H,9-10H2,1-2H3/b8-5+/t11-,12+. The lowest BCUT2D eigenvalue weighted by Gasteiger charge is -2.34. The minimum atomic E-state index is -2.42. The van der Waals surface area contributed by atoms with Gasteiger partial charge in [0.05, 0.1) is 12.2 Å². The quantitative estimate of drug-likeness (QED) is 0.624. The Morgan fingerprint density at radius 2 is 1.86 bits per heavy atom. The number of carbonyl (C=O) groups is 1. The molecule has 6 heteroatoms. The Morgan fingerprint density at radius 3 is 2.41 bits per heavy atom. The highest BCUT2D eigenvalue weighted by Crippen LogP contribution is 2.25. The third-order valence-electron chi connectivity index (χ3n) is 3.25. The fraction of sp³-hybridized carbons (Fsp3) is 0.438. The van der Waals surface area contributed by atoms with Gasteiger partial charge in [0.1, 0.15) is 0 Å². The van der Waals surface area contributed by atoms with Crippen LogP contribution in [-0.2, 0) is 9.53 Å². The first-order valence-electron chi connectivity index (χ1n) is 7.11. The van der Waals surface area contributed by atoms with Crippen molar-refractivity contribution in [2.24, 2.45) is 0 Å². The van der Waals surface area contributed by atoms with Crippen LogP contribution in [0.5, 0.6) is 0 Å². The first kappa shape index (κ1) is 17.0. The second-order valence-electron chi connectivity index (χ2n) is 5.28. The Kier molecular flexibility index (Phi) is 5.97. The number of alkyl halides is 2. The van der Waals surface area contributed by atoms with E-state index >= 15 is 0 Å². The van der Waals surface area contributed by atoms with Crippen molar-refractivity contribution in [2.45, 2.75) is 36.7 Å². The van der Waals surface area contributed by atoms with Gasteiger partial charge < -0.3 is 9.64 Å². The van der Waals surface area contributed by atoms with Crippen molar-refractivity contribution in [3.8, 4) is 0 Å². The van der Waals surface area contributed by atoms with Crippen LogP contribution in [0.4, 0.5) is 8.78 Å². The lowest BCUT2D eigenvalue weighted by molar-refractivity contribution is -0.137. The third kappa shape index (κ3) is 5.10. The van der Waals surface area contributed by atoms with Crippen molar-refractivity contribution in [1.29, 1.82) is 0 Å². The molecule has 0 aromatic heterocycles. The van der Waals surface area contributed by atoms with E-state index < -0.39 is 5.76 Å². The first-order chi connectivity index (χ1) is 10.4. The maximum Gasteiger partial charge on any atom is 0.288 e. The van der Waals surface area contributed by atoms with Gasteiger partial charge in [0.15, 0.2) is 0 Å². The molecule has 0 radical (unpaired) electrons. The molecular formula is C16H19F2NO2S. The number of carbonyl (C=O) groups excluding carboxylic acids is 1. The number of thioether (sulfide) groups is 1. The maximum atomic E-state index is 12.2. The molecule has 1 heterocycles. The summed E-state index contributed by atoms with van der Waals surface area (Å²) in [6.45, 7) is 5.05. The Bertz CT molecular complexity index is 523. The highest BCUT2D eigenvalue weighted by atomic mass is 32.2. The van der Waals surface area contributed by atoms with E-state index in [1.54, 1.807) is 35.2 Å². The molecule has 2 atom stereocenters. The van der Waals surface area contributed by atoms with E-state index in [0.717, 1.165) is 5.56 Å². The molecule has 1 fully saturated rings. The van der Waals surface area contributed by atoms with Crippen LogP contribution >= 0.6 is 11.8 Å². The molecule has 1 aliphatic heterocycles. The van der Waals surface area contributed by atoms with Crippen molar-refractivity contribution in [2.75, 3.05) is 13.1 Å². The van der Waals surface area contributed by atoms with Crippen LogP contribution in [0.15, 0.2) is 35.2 Å². The zero-order valence-electron chi connectivity index (χ0n) is 12.5. The van der Waals surface area contributed by atoms with Crippen LogP contribution in [0.3, 0.4) is 0 Å². The molecule has 1 aromatic rings. The van der Waals surface area contributed by atoms with E-state index in [0.29, 0.717) is 29.7 Å². The van der Waals surface area contributed by atoms with Crippen molar-refractivity contribution in [1.82, 2.24) is 4.90 Å². The van der Waals surface area contributed by atoms with E-state index in [4.69, 9.17) is 4.74 Å². The molecule has 1 amide bonds. The molecule has 22 heavy (non-hydrogen) atoms. The van der Waals surface area contributed by atoms with E-state index in [-0.39, 0.29) is 18.1 Å². The number of nitrogens with zero attached hydrogens (tertiary/aromatic N) is 1. The lowest BCUT2D eigenvalue weighted by atomic mass is 10.2. The number of morpholine rings is 1. The average Bonchev–Trinajstić information content (AvgIpc) is 2.44. The van der Waals surface area contributed by atoms with E-state index in [2.05, 4.69) is 0 Å². The molecule has 0 N–H and O–H groups in total. The fourth-order valence-corrected chi connectivity index (χ4v) is 2.89. The second-order valence-corrected chi connectivity index (χ2v) is 6.34. The molecule has 1 aromatic carbocycles. The molecule has 0 unspecified atom stereocenters. The summed E-state index contributed by atoms with van der Waals surface area (Å²) in [6, 6.07) is 6.69. The molecule has 0 bridgehead atoms. The molecule has 2 rings (SSSR count). The summed E-state index contributed by atoms with van der Waals surface area (Å²) in [6.07, 6.45) is 3.28. The summed E-state index contributed by atoms with van der Waals surface area (Å²) in [7, 11) is 0. The number of halogens is 2. The summed E-state index contributed by atoms with van der Waals surface area (Å²) in [5.74, 6) is -2.48. The number of rotatable bonds is 4. The third-order valence-corrected chi connectivity index (χ3v) is 3.98. The van der Waals surface area contributed by atoms with Crippen LogP contribution in [0, 0.1) is 0 Å². The largest absolute Gasteiger partial charge is 0.372 e. The van der Waals surface area contributed by atoms with Gasteiger partial charge in [-0.1, -0.05) is 23.9 Å². The molecule has 0 saturated carbocycles. The molecule has 1 aliphatic rings. The Labute approximate surface area is 133 Å². The number of hydrogen-bond acceptors (Lipinski definition) is 3. The van der Waals surface area contributed by atoms with Gasteiger partial charge in [-0.25, -0.2) is 0 Å². The van der Waals surface area contributed by atoms with Gasteiger partial charge in [-0.2, -0.15) is 8.78 Å². The molecule has 120 valence electrons. The smallest absolute Gasteiger partial charge is 0.288 e. The van der Waals surface area contributed by atoms with E-state index in [1.165, 1.54) is 6.08 Å². The lowest BCUT2D eigenvalue weighted by Crippen LogP contribution is -2.47. The minimum absolute atomic E-state index is 0.0340. The van der Waals surface area contributed by atoms with Gasteiger partial charge in [-0.3, -0.25) is 4.79 Å². The highest BCUT2D eigenvalue weighted by Gasteiger charge is 2.24. The monoisotopic (exact) mass is 327 g/mol. The zero-order valence-corrected chi connectivity index (χ0v) is 13.4. The molecule has 1 saturated heterocycles. The number of hydrogen-bond donors (Lipinski definition) is 0. The fourth-order valence-electron chi connectivity index (χ4n) is 2.39. The van der Waals surface area contributed by atoms with Crippen molar-refractivity contribution in [3.63, 3.8) is 0 Å². The van der Waals surface area contributed by atoms with Gasteiger partial charge >= 0.3 is 0 Å². The Hall–Kier alpha value is -1.40. The van der Waals surface area contributed by atoms with Crippen LogP contribution in [-0.4, -0.2) is 41.9 Å². The predicted molar refractivity (Wildman–Crippen MR) is 83.9 cm³/mol. The van der Waals surface area contributed by atoms with Gasteiger partial charge in [0.25, 0.3) is 5.76 Å². The van der Waals surface area contributed by atoms with Crippen LogP contribution in [0.1, 0.15) is 19.4 Å². The Balaban J connectivity index is 1.94. The van der Waals surface area contributed by atoms with Crippen molar-refractivity contribution in [3.05, 3.63) is 35.9 Å². The number of benzene rings is 1. The number of ether oxygens (including phenoxy) is 1. The summed E-state index contributed by atoms with van der Waals surface area (Å²) < 4.78 is 30.1. The zero-order chi connectivity index (χ0) is 16.1. The molecule has 3 nitrogen and oxygen atoms in total. The second kappa shape index (κ2) is 7.74. The van der Waals surface area contributed by atoms with Crippen LogP contribution in [0.25, 0.3) is 6.08 Å². The van der Waals surface area contributed by atoms with Gasteiger partial charge in [-0.05, 0) is 37.6 Å². The normalized spacial score (nSPS) is 22.5. The SMILES string of the molecule is C[C@@H]1CN(C(=O)/C=C/c2ccc(SC(F)F)cc2)C[C@H](C)O1. The predicted octanol–water partition coefficient (Wildman–Crippen LogP) is 3.65. The molecule has 0 spiro atoms. The summed E-state index contributed by atoms with van der Waals surface area (Å²) >= 11 is 0.508. The van der Waals surface area contributed by atoms with Gasteiger partial charge in [0, 0.05) is 24.1 Å². The Morgan fingerprint density at radius 1 is 1.27 bits per heavy atom. The molecule has 0 aliphatic carbocycles. The molecular weight excluding hydrogens is 308 g/mol. The number of amides is 1. The topological polar surface area (TPSA) is 29.5 Å². The maximum absolute atomic E-state index is 12.2. The average molecular weight is 327 g/mol. The van der Waals surface area contributed by atoms with E-state index in [9.17, 15) is 13.6 Å². The van der Waals surface area contributed by atoms with Gasteiger partial charge in [-0.15, -0.1) is 0 Å². The summed E-state index contributed by atoms with van der Waals surface area (Å²) in [4.78, 5) is 14.4. The van der Waals surface area contributed by atoms with Crippen molar-refractivity contribution < 1.29 is 18.3 Å². The minimum Gasteiger partial charge on any atom is -0.372 e. The van der Waals surface area contributed by atoms with Crippen LogP contribution in [0.2, 0.25) is 0 Å². The van der Waals surface area contributed by atoms with E-state index in [1.807, 2.05) is 13.8 Å². The van der Waals surface area contributed by atoms with Crippen molar-refractivity contribution >= 4 is 23.7 Å². The summed E-state index contributed by atoms with van der Waals surface area (Å²) in [5, 5.41) is 0. The van der Waals surface area contributed by atoms with Gasteiger partial charge in [0.2, 0.25) is 5.91 Å². The highest BCUT2D eigenvalue weighted by molar-refractivity contribution is 7.99. The summed E-state index contributed by atoms with van der Waals surface area (Å²) in [5.41, 5.74) is 0.807. The first-order valence-corrected chi connectivity index (χ1v) is 7.99.